The van der Waals surface area contributed by atoms with Crippen molar-refractivity contribution < 1.29 is 23.5 Å². The molecule has 162 valence electrons. The molecule has 0 bridgehead atoms. The molecule has 1 aliphatic rings. The van der Waals surface area contributed by atoms with Crippen LogP contribution in [0.4, 0.5) is 4.39 Å². The van der Waals surface area contributed by atoms with Gasteiger partial charge in [-0.25, -0.2) is 9.37 Å². The van der Waals surface area contributed by atoms with Crippen LogP contribution in [0.1, 0.15) is 33.2 Å². The van der Waals surface area contributed by atoms with E-state index in [9.17, 15) is 14.0 Å². The van der Waals surface area contributed by atoms with Gasteiger partial charge in [-0.05, 0) is 48.6 Å². The van der Waals surface area contributed by atoms with Crippen LogP contribution in [0.5, 0.6) is 5.75 Å². The summed E-state index contributed by atoms with van der Waals surface area (Å²) in [6, 6.07) is 9.48. The van der Waals surface area contributed by atoms with Gasteiger partial charge in [0, 0.05) is 18.5 Å². The Morgan fingerprint density at radius 1 is 1.10 bits per heavy atom. The molecule has 3 heterocycles. The maximum absolute atomic E-state index is 12.9. The summed E-state index contributed by atoms with van der Waals surface area (Å²) in [5.74, 6) is -0.175. The van der Waals surface area contributed by atoms with E-state index in [-0.39, 0.29) is 36.8 Å². The Labute approximate surface area is 187 Å². The minimum atomic E-state index is -0.314. The fourth-order valence-corrected chi connectivity index (χ4v) is 4.68. The van der Waals surface area contributed by atoms with Gasteiger partial charge in [-0.15, -0.1) is 22.7 Å². The fourth-order valence-electron chi connectivity index (χ4n) is 3.29. The van der Waals surface area contributed by atoms with Crippen LogP contribution in [0.25, 0.3) is 0 Å². The number of likely N-dealkylation sites (tertiary alicyclic amines) is 1. The van der Waals surface area contributed by atoms with E-state index in [1.807, 2.05) is 22.9 Å². The second-order valence-electron chi connectivity index (χ2n) is 7.13. The lowest BCUT2D eigenvalue weighted by Gasteiger charge is -2.30. The van der Waals surface area contributed by atoms with Gasteiger partial charge in [0.25, 0.3) is 5.91 Å². The number of halogens is 1. The highest BCUT2D eigenvalue weighted by Crippen LogP contribution is 2.23. The zero-order chi connectivity index (χ0) is 21.6. The van der Waals surface area contributed by atoms with Crippen LogP contribution >= 0.6 is 22.7 Å². The third-order valence-electron chi connectivity index (χ3n) is 4.99. The van der Waals surface area contributed by atoms with E-state index < -0.39 is 0 Å². The van der Waals surface area contributed by atoms with Crippen LogP contribution in [0, 0.1) is 11.7 Å². The van der Waals surface area contributed by atoms with E-state index in [1.54, 1.807) is 17.0 Å². The Morgan fingerprint density at radius 3 is 2.58 bits per heavy atom. The maximum Gasteiger partial charge on any atom is 0.309 e. The Hall–Kier alpha value is -2.78. The van der Waals surface area contributed by atoms with Crippen molar-refractivity contribution in [1.29, 1.82) is 0 Å². The molecule has 0 aliphatic carbocycles. The van der Waals surface area contributed by atoms with E-state index in [4.69, 9.17) is 9.47 Å². The molecule has 0 spiro atoms. The molecule has 1 fully saturated rings. The number of hydrogen-bond donors (Lipinski definition) is 0. The van der Waals surface area contributed by atoms with Crippen molar-refractivity contribution in [3.05, 3.63) is 68.6 Å². The molecular weight excluding hydrogens is 439 g/mol. The van der Waals surface area contributed by atoms with Crippen LogP contribution in [0.3, 0.4) is 0 Å². The summed E-state index contributed by atoms with van der Waals surface area (Å²) in [7, 11) is 0. The first-order chi connectivity index (χ1) is 15.1. The van der Waals surface area contributed by atoms with Gasteiger partial charge < -0.3 is 14.4 Å². The van der Waals surface area contributed by atoms with E-state index in [2.05, 4.69) is 4.98 Å². The number of amides is 1. The average molecular weight is 461 g/mol. The van der Waals surface area contributed by atoms with Crippen molar-refractivity contribution in [1.82, 2.24) is 9.88 Å². The van der Waals surface area contributed by atoms with Crippen LogP contribution in [0.15, 0.2) is 47.2 Å². The van der Waals surface area contributed by atoms with Crippen LogP contribution in [-0.2, 0) is 22.7 Å². The van der Waals surface area contributed by atoms with Crippen molar-refractivity contribution in [3.8, 4) is 5.75 Å². The van der Waals surface area contributed by atoms with E-state index in [0.717, 1.165) is 9.88 Å². The zero-order valence-corrected chi connectivity index (χ0v) is 18.3. The lowest BCUT2D eigenvalue weighted by atomic mass is 9.97. The number of carbonyl (C=O) groups excluding carboxylic acids is 2. The standard InChI is InChI=1S/C22H21FN2O4S2/c23-16-3-5-18(6-4-16)28-13-20-24-17(14-31-20)12-29-22(27)15-7-9-25(10-8-15)21(26)19-2-1-11-30-19/h1-6,11,14-15H,7-10,12-13H2. The first kappa shape index (κ1) is 21.5. The number of thiophene rings is 1. The Bertz CT molecular complexity index is 1010. The minimum absolute atomic E-state index is 0.0275. The lowest BCUT2D eigenvalue weighted by molar-refractivity contribution is -0.151. The van der Waals surface area contributed by atoms with Gasteiger partial charge in [0.1, 0.15) is 29.8 Å². The van der Waals surface area contributed by atoms with Crippen LogP contribution in [-0.4, -0.2) is 34.8 Å². The van der Waals surface area contributed by atoms with Gasteiger partial charge in [-0.2, -0.15) is 0 Å². The summed E-state index contributed by atoms with van der Waals surface area (Å²) in [5.41, 5.74) is 0.668. The van der Waals surface area contributed by atoms with Crippen molar-refractivity contribution in [3.63, 3.8) is 0 Å². The molecule has 0 atom stereocenters. The predicted octanol–water partition coefficient (Wildman–Crippen LogP) is 4.52. The largest absolute Gasteiger partial charge is 0.486 e. The topological polar surface area (TPSA) is 68.7 Å². The number of aromatic nitrogens is 1. The molecule has 0 unspecified atom stereocenters. The van der Waals surface area contributed by atoms with E-state index in [1.165, 1.54) is 34.8 Å². The second-order valence-corrected chi connectivity index (χ2v) is 9.02. The first-order valence-electron chi connectivity index (χ1n) is 9.89. The number of ether oxygens (including phenoxy) is 2. The van der Waals surface area contributed by atoms with Crippen molar-refractivity contribution in [2.45, 2.75) is 26.1 Å². The normalized spacial score (nSPS) is 14.4. The van der Waals surface area contributed by atoms with Gasteiger partial charge in [0.15, 0.2) is 0 Å². The number of benzene rings is 1. The van der Waals surface area contributed by atoms with Crippen molar-refractivity contribution >= 4 is 34.6 Å². The van der Waals surface area contributed by atoms with Crippen LogP contribution in [0.2, 0.25) is 0 Å². The summed E-state index contributed by atoms with van der Waals surface area (Å²) < 4.78 is 24.0. The molecule has 0 radical (unpaired) electrons. The van der Waals surface area contributed by atoms with Gasteiger partial charge >= 0.3 is 5.97 Å². The molecule has 6 nitrogen and oxygen atoms in total. The fraction of sp³-hybridized carbons (Fsp3) is 0.318. The predicted molar refractivity (Wildman–Crippen MR) is 116 cm³/mol. The molecule has 1 saturated heterocycles. The average Bonchev–Trinajstić information content (AvgIpc) is 3.49. The molecule has 9 heteroatoms. The van der Waals surface area contributed by atoms with E-state index in [0.29, 0.717) is 37.4 Å². The zero-order valence-electron chi connectivity index (χ0n) is 16.7. The second kappa shape index (κ2) is 10.0. The summed E-state index contributed by atoms with van der Waals surface area (Å²) in [6.07, 6.45) is 1.20. The molecule has 3 aromatic rings. The number of rotatable bonds is 7. The monoisotopic (exact) mass is 460 g/mol. The number of piperidine rings is 1. The Kier molecular flexibility index (Phi) is 6.93. The smallest absolute Gasteiger partial charge is 0.309 e. The third kappa shape index (κ3) is 5.68. The summed E-state index contributed by atoms with van der Waals surface area (Å²) >= 11 is 2.85. The lowest BCUT2D eigenvalue weighted by Crippen LogP contribution is -2.40. The number of hydrogen-bond acceptors (Lipinski definition) is 7. The van der Waals surface area contributed by atoms with Gasteiger partial charge in [-0.1, -0.05) is 6.07 Å². The van der Waals surface area contributed by atoms with Crippen LogP contribution < -0.4 is 4.74 Å². The minimum Gasteiger partial charge on any atom is -0.486 e. The van der Waals surface area contributed by atoms with Gasteiger partial charge in [0.05, 0.1) is 16.5 Å². The molecule has 2 aromatic heterocycles. The highest BCUT2D eigenvalue weighted by molar-refractivity contribution is 7.12. The first-order valence-corrected chi connectivity index (χ1v) is 11.7. The number of nitrogens with zero attached hydrogens (tertiary/aromatic N) is 2. The van der Waals surface area contributed by atoms with Gasteiger partial charge in [0.2, 0.25) is 0 Å². The molecule has 0 saturated carbocycles. The molecule has 1 aromatic carbocycles. The highest BCUT2D eigenvalue weighted by atomic mass is 32.1. The highest BCUT2D eigenvalue weighted by Gasteiger charge is 2.29. The quantitative estimate of drug-likeness (QED) is 0.485. The summed E-state index contributed by atoms with van der Waals surface area (Å²) in [6.45, 7) is 1.48. The Morgan fingerprint density at radius 2 is 1.87 bits per heavy atom. The van der Waals surface area contributed by atoms with Crippen molar-refractivity contribution in [2.24, 2.45) is 5.92 Å². The number of carbonyl (C=O) groups is 2. The van der Waals surface area contributed by atoms with E-state index >= 15 is 0 Å². The molecule has 1 aliphatic heterocycles. The molecular formula is C22H21FN2O4S2. The summed E-state index contributed by atoms with van der Waals surface area (Å²) in [4.78, 5) is 31.7. The van der Waals surface area contributed by atoms with Crippen molar-refractivity contribution in [2.75, 3.05) is 13.1 Å². The number of esters is 1. The summed E-state index contributed by atoms with van der Waals surface area (Å²) in [5, 5.41) is 4.46. The van der Waals surface area contributed by atoms with Gasteiger partial charge in [-0.3, -0.25) is 9.59 Å². The maximum atomic E-state index is 12.9. The third-order valence-corrected chi connectivity index (χ3v) is 6.71. The Balaban J connectivity index is 1.20. The number of thiazole rings is 1. The SMILES string of the molecule is O=C(OCc1csc(COc2ccc(F)cc2)n1)C1CCN(C(=O)c2cccs2)CC1. The molecule has 4 rings (SSSR count). The molecule has 0 N–H and O–H groups in total. The molecule has 31 heavy (non-hydrogen) atoms. The molecule has 1 amide bonds.